The van der Waals surface area contributed by atoms with Gasteiger partial charge in [0.1, 0.15) is 5.82 Å². The number of nitriles is 1. The number of hydrogen-bond acceptors (Lipinski definition) is 3. The highest BCUT2D eigenvalue weighted by molar-refractivity contribution is 5.64. The topological polar surface area (TPSA) is 69.5 Å². The Labute approximate surface area is 98.6 Å². The van der Waals surface area contributed by atoms with Gasteiger partial charge < -0.3 is 4.98 Å². The molecule has 0 saturated heterocycles. The minimum atomic E-state index is -0.144. The first-order chi connectivity index (χ1) is 8.11. The quantitative estimate of drug-likeness (QED) is 0.806. The Hall–Kier alpha value is -2.41. The number of nitrogens with zero attached hydrogens (tertiary/aromatic N) is 2. The Morgan fingerprint density at radius 1 is 1.35 bits per heavy atom. The summed E-state index contributed by atoms with van der Waals surface area (Å²) in [7, 11) is 0. The van der Waals surface area contributed by atoms with Gasteiger partial charge in [0.25, 0.3) is 5.56 Å². The molecule has 0 aliphatic rings. The molecule has 0 spiro atoms. The largest absolute Gasteiger partial charge is 0.311 e. The monoisotopic (exact) mass is 225 g/mol. The van der Waals surface area contributed by atoms with Crippen LogP contribution >= 0.6 is 0 Å². The summed E-state index contributed by atoms with van der Waals surface area (Å²) < 4.78 is 0. The van der Waals surface area contributed by atoms with Gasteiger partial charge in [-0.1, -0.05) is 12.1 Å². The van der Waals surface area contributed by atoms with Crippen molar-refractivity contribution < 1.29 is 0 Å². The molecular formula is C13H11N3O. The smallest absolute Gasteiger partial charge is 0.254 e. The molecule has 1 N–H and O–H groups in total. The number of aryl methyl sites for hydroxylation is 1. The summed E-state index contributed by atoms with van der Waals surface area (Å²) in [6.07, 6.45) is 0. The van der Waals surface area contributed by atoms with Crippen LogP contribution in [0, 0.1) is 25.2 Å². The third-order valence-corrected chi connectivity index (χ3v) is 2.53. The molecule has 84 valence electrons. The van der Waals surface area contributed by atoms with Crippen LogP contribution in [0.15, 0.2) is 29.1 Å². The average molecular weight is 225 g/mol. The molecule has 4 heteroatoms. The number of aromatic amines is 1. The van der Waals surface area contributed by atoms with Gasteiger partial charge in [0.15, 0.2) is 0 Å². The van der Waals surface area contributed by atoms with E-state index in [0.717, 1.165) is 5.56 Å². The molecule has 1 aromatic carbocycles. The third-order valence-electron chi connectivity index (χ3n) is 2.53. The minimum absolute atomic E-state index is 0.144. The zero-order chi connectivity index (χ0) is 12.4. The maximum absolute atomic E-state index is 11.6. The summed E-state index contributed by atoms with van der Waals surface area (Å²) in [5.41, 5.74) is 2.39. The van der Waals surface area contributed by atoms with Gasteiger partial charge in [-0.05, 0) is 26.0 Å². The van der Waals surface area contributed by atoms with Crippen LogP contribution in [0.5, 0.6) is 0 Å². The second-order valence-electron chi connectivity index (χ2n) is 3.82. The van der Waals surface area contributed by atoms with Gasteiger partial charge in [0.05, 0.1) is 17.3 Å². The standard InChI is InChI=1S/C13H11N3O/c1-8-12(15-9(2)16-13(8)17)11-5-3-4-10(6-11)7-14/h3-6H,1-2H3,(H,15,16,17). The van der Waals surface area contributed by atoms with Crippen molar-refractivity contribution >= 4 is 0 Å². The molecular weight excluding hydrogens is 214 g/mol. The van der Waals surface area contributed by atoms with Crippen LogP contribution in [0.2, 0.25) is 0 Å². The van der Waals surface area contributed by atoms with Crippen molar-refractivity contribution in [3.63, 3.8) is 0 Å². The normalized spacial score (nSPS) is 9.94. The molecule has 0 amide bonds. The summed E-state index contributed by atoms with van der Waals surface area (Å²) in [4.78, 5) is 18.6. The van der Waals surface area contributed by atoms with E-state index in [2.05, 4.69) is 16.0 Å². The van der Waals surface area contributed by atoms with Gasteiger partial charge in [-0.25, -0.2) is 4.98 Å². The van der Waals surface area contributed by atoms with Crippen molar-refractivity contribution in [2.75, 3.05) is 0 Å². The number of hydrogen-bond donors (Lipinski definition) is 1. The van der Waals surface area contributed by atoms with Gasteiger partial charge in [0.2, 0.25) is 0 Å². The lowest BCUT2D eigenvalue weighted by Gasteiger charge is -2.05. The molecule has 17 heavy (non-hydrogen) atoms. The fourth-order valence-electron chi connectivity index (χ4n) is 1.66. The lowest BCUT2D eigenvalue weighted by atomic mass is 10.1. The SMILES string of the molecule is Cc1nc(-c2cccc(C#N)c2)c(C)c(=O)[nH]1. The maximum Gasteiger partial charge on any atom is 0.254 e. The van der Waals surface area contributed by atoms with Gasteiger partial charge >= 0.3 is 0 Å². The molecule has 0 aliphatic carbocycles. The molecule has 0 saturated carbocycles. The average Bonchev–Trinajstić information content (AvgIpc) is 2.34. The summed E-state index contributed by atoms with van der Waals surface area (Å²) in [5.74, 6) is 0.568. The van der Waals surface area contributed by atoms with E-state index in [0.29, 0.717) is 22.6 Å². The van der Waals surface area contributed by atoms with E-state index in [1.807, 2.05) is 6.07 Å². The number of nitrogens with one attached hydrogen (secondary N) is 1. The Balaban J connectivity index is 2.69. The van der Waals surface area contributed by atoms with E-state index in [4.69, 9.17) is 5.26 Å². The van der Waals surface area contributed by atoms with Crippen molar-refractivity contribution in [1.29, 1.82) is 5.26 Å². The molecule has 0 radical (unpaired) electrons. The third kappa shape index (κ3) is 2.08. The fraction of sp³-hybridized carbons (Fsp3) is 0.154. The Morgan fingerprint density at radius 3 is 2.82 bits per heavy atom. The second kappa shape index (κ2) is 4.22. The lowest BCUT2D eigenvalue weighted by molar-refractivity contribution is 0.999. The van der Waals surface area contributed by atoms with Crippen molar-refractivity contribution in [3.8, 4) is 17.3 Å². The predicted molar refractivity (Wildman–Crippen MR) is 64.5 cm³/mol. The Kier molecular flexibility index (Phi) is 2.75. The van der Waals surface area contributed by atoms with Crippen molar-refractivity contribution in [2.24, 2.45) is 0 Å². The number of H-pyrrole nitrogens is 1. The highest BCUT2D eigenvalue weighted by atomic mass is 16.1. The number of rotatable bonds is 1. The van der Waals surface area contributed by atoms with Crippen LogP contribution in [0.1, 0.15) is 17.0 Å². The van der Waals surface area contributed by atoms with Crippen LogP contribution < -0.4 is 5.56 Å². The molecule has 0 aliphatic heterocycles. The highest BCUT2D eigenvalue weighted by Gasteiger charge is 2.08. The summed E-state index contributed by atoms with van der Waals surface area (Å²) in [5, 5.41) is 8.85. The predicted octanol–water partition coefficient (Wildman–Crippen LogP) is 1.93. The van der Waals surface area contributed by atoms with Crippen molar-refractivity contribution in [2.45, 2.75) is 13.8 Å². The van der Waals surface area contributed by atoms with Crippen LogP contribution in [-0.2, 0) is 0 Å². The Bertz CT molecular complexity index is 665. The molecule has 0 atom stereocenters. The highest BCUT2D eigenvalue weighted by Crippen LogP contribution is 2.19. The van der Waals surface area contributed by atoms with Crippen LogP contribution in [0.3, 0.4) is 0 Å². The number of benzene rings is 1. The first kappa shape index (κ1) is 11.1. The first-order valence-corrected chi connectivity index (χ1v) is 5.20. The molecule has 0 unspecified atom stereocenters. The molecule has 1 heterocycles. The van der Waals surface area contributed by atoms with Gasteiger partial charge in [-0.15, -0.1) is 0 Å². The zero-order valence-corrected chi connectivity index (χ0v) is 9.61. The van der Waals surface area contributed by atoms with Gasteiger partial charge in [-0.3, -0.25) is 4.79 Å². The molecule has 2 rings (SSSR count). The summed E-state index contributed by atoms with van der Waals surface area (Å²) in [6, 6.07) is 9.15. The van der Waals surface area contributed by atoms with E-state index in [1.54, 1.807) is 32.0 Å². The second-order valence-corrected chi connectivity index (χ2v) is 3.82. The van der Waals surface area contributed by atoms with E-state index >= 15 is 0 Å². The molecule has 2 aromatic rings. The first-order valence-electron chi connectivity index (χ1n) is 5.20. The van der Waals surface area contributed by atoms with E-state index in [1.165, 1.54) is 0 Å². The van der Waals surface area contributed by atoms with Crippen LogP contribution in [0.4, 0.5) is 0 Å². The van der Waals surface area contributed by atoms with Crippen LogP contribution in [-0.4, -0.2) is 9.97 Å². The van der Waals surface area contributed by atoms with Gasteiger partial charge in [0, 0.05) is 11.1 Å². The van der Waals surface area contributed by atoms with E-state index in [9.17, 15) is 4.79 Å². The summed E-state index contributed by atoms with van der Waals surface area (Å²) in [6.45, 7) is 3.46. The molecule has 0 bridgehead atoms. The maximum atomic E-state index is 11.6. The van der Waals surface area contributed by atoms with Crippen LogP contribution in [0.25, 0.3) is 11.3 Å². The van der Waals surface area contributed by atoms with E-state index < -0.39 is 0 Å². The minimum Gasteiger partial charge on any atom is -0.311 e. The molecule has 0 fully saturated rings. The Morgan fingerprint density at radius 2 is 2.12 bits per heavy atom. The summed E-state index contributed by atoms with van der Waals surface area (Å²) >= 11 is 0. The van der Waals surface area contributed by atoms with Crippen molar-refractivity contribution in [3.05, 3.63) is 51.6 Å². The lowest BCUT2D eigenvalue weighted by Crippen LogP contribution is -2.14. The molecule has 1 aromatic heterocycles. The zero-order valence-electron chi connectivity index (χ0n) is 9.61. The fourth-order valence-corrected chi connectivity index (χ4v) is 1.66. The van der Waals surface area contributed by atoms with Crippen molar-refractivity contribution in [1.82, 2.24) is 9.97 Å². The van der Waals surface area contributed by atoms with E-state index in [-0.39, 0.29) is 5.56 Å². The number of aromatic nitrogens is 2. The molecule has 4 nitrogen and oxygen atoms in total. The van der Waals surface area contributed by atoms with Gasteiger partial charge in [-0.2, -0.15) is 5.26 Å².